The highest BCUT2D eigenvalue weighted by molar-refractivity contribution is 5.99. The van der Waals surface area contributed by atoms with E-state index in [4.69, 9.17) is 5.73 Å². The van der Waals surface area contributed by atoms with E-state index in [0.29, 0.717) is 29.9 Å². The Bertz CT molecular complexity index is 1050. The first-order valence-electron chi connectivity index (χ1n) is 13.4. The number of anilines is 1. The molecule has 2 heterocycles. The number of nitrogens with two attached hydrogens (primary N) is 1. The topological polar surface area (TPSA) is 91.5 Å². The van der Waals surface area contributed by atoms with Crippen molar-refractivity contribution < 1.29 is 9.90 Å². The van der Waals surface area contributed by atoms with E-state index in [1.807, 2.05) is 13.0 Å². The smallest absolute Gasteiger partial charge is 0.255 e. The Balaban J connectivity index is 1.29. The van der Waals surface area contributed by atoms with Crippen molar-refractivity contribution in [2.75, 3.05) is 18.8 Å². The molecule has 0 bridgehead atoms. The van der Waals surface area contributed by atoms with E-state index in [2.05, 4.69) is 54.2 Å². The molecule has 1 saturated heterocycles. The Kier molecular flexibility index (Phi) is 6.12. The fourth-order valence-electron chi connectivity index (χ4n) is 6.98. The van der Waals surface area contributed by atoms with Crippen LogP contribution in [0.25, 0.3) is 5.57 Å². The van der Waals surface area contributed by atoms with Gasteiger partial charge < -0.3 is 21.1 Å². The normalized spacial score (nSPS) is 37.0. The average Bonchev–Trinajstić information content (AvgIpc) is 3.08. The van der Waals surface area contributed by atoms with E-state index in [1.54, 1.807) is 6.20 Å². The number of fused-ring (bicyclic) bond motifs is 1. The number of hydrogen-bond acceptors (Lipinski definition) is 5. The van der Waals surface area contributed by atoms with Crippen molar-refractivity contribution >= 4 is 17.3 Å². The van der Waals surface area contributed by atoms with Gasteiger partial charge in [-0.05, 0) is 94.1 Å². The molecule has 6 heteroatoms. The number of amides is 1. The fourth-order valence-corrected chi connectivity index (χ4v) is 6.98. The van der Waals surface area contributed by atoms with E-state index in [-0.39, 0.29) is 23.2 Å². The molecule has 1 unspecified atom stereocenters. The summed E-state index contributed by atoms with van der Waals surface area (Å²) in [5.41, 5.74) is 8.52. The minimum atomic E-state index is -0.624. The molecule has 1 amide bonds. The van der Waals surface area contributed by atoms with Gasteiger partial charge in [-0.25, -0.2) is 4.98 Å². The molecule has 3 aliphatic carbocycles. The highest BCUT2D eigenvalue weighted by Crippen LogP contribution is 2.64. The van der Waals surface area contributed by atoms with Crippen molar-refractivity contribution in [3.05, 3.63) is 41.6 Å². The fraction of sp³-hybridized carbons (Fsp3) is 0.655. The lowest BCUT2D eigenvalue weighted by molar-refractivity contribution is -0.0268. The van der Waals surface area contributed by atoms with Crippen LogP contribution in [0.3, 0.4) is 0 Å². The van der Waals surface area contributed by atoms with Gasteiger partial charge in [0.2, 0.25) is 0 Å². The zero-order chi connectivity index (χ0) is 25.0. The molecule has 5 rings (SSSR count). The van der Waals surface area contributed by atoms with Gasteiger partial charge in [0.05, 0.1) is 11.2 Å². The summed E-state index contributed by atoms with van der Waals surface area (Å²) >= 11 is 0. The van der Waals surface area contributed by atoms with Crippen LogP contribution in [0.5, 0.6) is 0 Å². The first-order valence-corrected chi connectivity index (χ1v) is 13.4. The molecule has 1 aromatic heterocycles. The van der Waals surface area contributed by atoms with Crippen molar-refractivity contribution in [1.82, 2.24) is 15.2 Å². The van der Waals surface area contributed by atoms with Gasteiger partial charge in [0.15, 0.2) is 0 Å². The molecule has 3 atom stereocenters. The first-order chi connectivity index (χ1) is 16.5. The van der Waals surface area contributed by atoms with Gasteiger partial charge in [-0.3, -0.25) is 4.79 Å². The molecule has 4 N–H and O–H groups in total. The maximum atomic E-state index is 13.0. The number of rotatable bonds is 5. The number of nitrogens with one attached hydrogen (secondary N) is 1. The predicted octanol–water partition coefficient (Wildman–Crippen LogP) is 4.56. The Morgan fingerprint density at radius 1 is 1.23 bits per heavy atom. The van der Waals surface area contributed by atoms with Crippen molar-refractivity contribution in [3.8, 4) is 0 Å². The third kappa shape index (κ3) is 4.33. The molecule has 35 heavy (non-hydrogen) atoms. The zero-order valence-corrected chi connectivity index (χ0v) is 21.8. The number of aliphatic hydroxyl groups is 1. The number of nitrogens with zero attached hydrogens (tertiary/aromatic N) is 2. The molecule has 0 spiro atoms. The van der Waals surface area contributed by atoms with E-state index in [0.717, 1.165) is 36.3 Å². The second-order valence-corrected chi connectivity index (χ2v) is 12.4. The minimum Gasteiger partial charge on any atom is -0.390 e. The number of likely N-dealkylation sites (tertiary alicyclic amines) is 1. The highest BCUT2D eigenvalue weighted by atomic mass is 16.3. The zero-order valence-electron chi connectivity index (χ0n) is 21.8. The molecule has 3 fully saturated rings. The lowest BCUT2D eigenvalue weighted by Crippen LogP contribution is -2.51. The standard InChI is InChI=1S/C29H42N4O2/c1-19(2)33-17-22-7-14-29(22,18-33)27(3)10-5-20(6-11-27)21-15-24(25(30)31-16-21)26(34)32-23-8-12-28(4,35)13-9-23/h5-6,10,15-16,19,22-23,35H,7-9,11-14,17-18H2,1-4H3,(H2,30,31)(H,32,34)/t22-,23-,27?,28-,29-/m1/s1. The van der Waals surface area contributed by atoms with Crippen molar-refractivity contribution in [3.63, 3.8) is 0 Å². The second kappa shape index (κ2) is 8.74. The largest absolute Gasteiger partial charge is 0.390 e. The Labute approximate surface area is 210 Å². The number of carbonyl (C=O) groups is 1. The molecular weight excluding hydrogens is 436 g/mol. The number of aromatic nitrogens is 1. The van der Waals surface area contributed by atoms with Gasteiger partial charge in [0.1, 0.15) is 5.82 Å². The van der Waals surface area contributed by atoms with Gasteiger partial charge in [0, 0.05) is 36.9 Å². The number of nitrogen functional groups attached to an aromatic ring is 1. The van der Waals surface area contributed by atoms with Crippen LogP contribution in [0.15, 0.2) is 30.5 Å². The molecule has 1 aromatic rings. The second-order valence-electron chi connectivity index (χ2n) is 12.4. The van der Waals surface area contributed by atoms with Gasteiger partial charge in [-0.15, -0.1) is 0 Å². The molecular formula is C29H42N4O2. The van der Waals surface area contributed by atoms with Crippen LogP contribution in [0.2, 0.25) is 0 Å². The summed E-state index contributed by atoms with van der Waals surface area (Å²) in [6.45, 7) is 11.4. The van der Waals surface area contributed by atoms with E-state index < -0.39 is 5.60 Å². The summed E-state index contributed by atoms with van der Waals surface area (Å²) in [5.74, 6) is 0.881. The third-order valence-corrected chi connectivity index (χ3v) is 9.80. The van der Waals surface area contributed by atoms with E-state index >= 15 is 0 Å². The Morgan fingerprint density at radius 3 is 2.57 bits per heavy atom. The minimum absolute atomic E-state index is 0.0618. The Hall–Kier alpha value is -2.18. The summed E-state index contributed by atoms with van der Waals surface area (Å²) in [4.78, 5) is 20.1. The quantitative estimate of drug-likeness (QED) is 0.577. The summed E-state index contributed by atoms with van der Waals surface area (Å²) < 4.78 is 0. The van der Waals surface area contributed by atoms with Gasteiger partial charge >= 0.3 is 0 Å². The van der Waals surface area contributed by atoms with Crippen LogP contribution in [0, 0.1) is 16.7 Å². The number of hydrogen-bond donors (Lipinski definition) is 3. The monoisotopic (exact) mass is 478 g/mol. The molecule has 0 aromatic carbocycles. The van der Waals surface area contributed by atoms with Crippen LogP contribution in [0.1, 0.15) is 88.6 Å². The summed E-state index contributed by atoms with van der Waals surface area (Å²) in [5, 5.41) is 13.3. The van der Waals surface area contributed by atoms with E-state index in [9.17, 15) is 9.90 Å². The summed E-state index contributed by atoms with van der Waals surface area (Å²) in [6, 6.07) is 2.55. The maximum absolute atomic E-state index is 13.0. The van der Waals surface area contributed by atoms with E-state index in [1.165, 1.54) is 25.9 Å². The third-order valence-electron chi connectivity index (χ3n) is 9.80. The molecule has 2 saturated carbocycles. The van der Waals surface area contributed by atoms with Crippen molar-refractivity contribution in [1.29, 1.82) is 0 Å². The highest BCUT2D eigenvalue weighted by Gasteiger charge is 2.61. The summed E-state index contributed by atoms with van der Waals surface area (Å²) in [6.07, 6.45) is 15.4. The van der Waals surface area contributed by atoms with Crippen LogP contribution in [-0.4, -0.2) is 51.7 Å². The van der Waals surface area contributed by atoms with Gasteiger partial charge in [-0.2, -0.15) is 0 Å². The van der Waals surface area contributed by atoms with Crippen LogP contribution in [0.4, 0.5) is 5.82 Å². The van der Waals surface area contributed by atoms with Crippen LogP contribution < -0.4 is 11.1 Å². The maximum Gasteiger partial charge on any atom is 0.255 e. The number of carbonyl (C=O) groups excluding carboxylic acids is 1. The molecule has 6 nitrogen and oxygen atoms in total. The van der Waals surface area contributed by atoms with Gasteiger partial charge in [-0.1, -0.05) is 25.2 Å². The molecule has 1 aliphatic heterocycles. The summed E-state index contributed by atoms with van der Waals surface area (Å²) in [7, 11) is 0. The SMILES string of the molecule is CC(C)N1C[C@H]2CC[C@@]2(C2(C)C=CC(c3cnc(N)c(C(=O)N[C@H]4CC[C@](C)(O)CC4)c3)=CC2)C1. The predicted molar refractivity (Wildman–Crippen MR) is 141 cm³/mol. The average molecular weight is 479 g/mol. The Morgan fingerprint density at radius 2 is 1.97 bits per heavy atom. The lowest BCUT2D eigenvalue weighted by atomic mass is 9.48. The number of allylic oxidation sites excluding steroid dienone is 4. The van der Waals surface area contributed by atoms with Gasteiger partial charge in [0.25, 0.3) is 5.91 Å². The lowest BCUT2D eigenvalue weighted by Gasteiger charge is -2.56. The van der Waals surface area contributed by atoms with Crippen LogP contribution >= 0.6 is 0 Å². The first kappa shape index (κ1) is 24.5. The van der Waals surface area contributed by atoms with Crippen LogP contribution in [-0.2, 0) is 0 Å². The van der Waals surface area contributed by atoms with Crippen molar-refractivity contribution in [2.45, 2.75) is 90.3 Å². The molecule has 190 valence electrons. The number of pyridine rings is 1. The molecule has 0 radical (unpaired) electrons. The molecule has 4 aliphatic rings. The van der Waals surface area contributed by atoms with Crippen molar-refractivity contribution in [2.24, 2.45) is 16.7 Å².